The van der Waals surface area contributed by atoms with Gasteiger partial charge in [0.05, 0.1) is 42.7 Å². The molecule has 2 aliphatic rings. The highest BCUT2D eigenvalue weighted by Gasteiger charge is 2.36. The number of nitrogens with zero attached hydrogens (tertiary/aromatic N) is 2. The average Bonchev–Trinajstić information content (AvgIpc) is 2.98. The molecule has 1 saturated heterocycles. The van der Waals surface area contributed by atoms with Gasteiger partial charge in [-0.2, -0.15) is 0 Å². The van der Waals surface area contributed by atoms with Crippen LogP contribution in [0.15, 0.2) is 42.5 Å². The second-order valence-corrected chi connectivity index (χ2v) is 7.07. The summed E-state index contributed by atoms with van der Waals surface area (Å²) in [7, 11) is 0. The standard InChI is InChI=1S/C21H22FN3O4/c22-18-11-14(5-6-19(18)24-7-9-29-10-8-24)23-12-15(26)13-25-20(27)16-3-1-2-4-17(16)21(25)28/h1-6,11,15,23,26H,7-10,12-13H2/t15-/m1/s1. The van der Waals surface area contributed by atoms with Gasteiger partial charge in [-0.05, 0) is 30.3 Å². The van der Waals surface area contributed by atoms with E-state index in [1.54, 1.807) is 36.4 Å². The van der Waals surface area contributed by atoms with E-state index < -0.39 is 17.9 Å². The molecule has 29 heavy (non-hydrogen) atoms. The van der Waals surface area contributed by atoms with E-state index in [1.165, 1.54) is 6.07 Å². The van der Waals surface area contributed by atoms with Crippen molar-refractivity contribution in [3.8, 4) is 0 Å². The third-order valence-corrected chi connectivity index (χ3v) is 5.11. The van der Waals surface area contributed by atoms with Gasteiger partial charge in [0.15, 0.2) is 0 Å². The monoisotopic (exact) mass is 399 g/mol. The van der Waals surface area contributed by atoms with Crippen molar-refractivity contribution in [1.29, 1.82) is 0 Å². The minimum atomic E-state index is -0.987. The molecule has 0 aromatic heterocycles. The molecule has 0 bridgehead atoms. The first-order valence-electron chi connectivity index (χ1n) is 9.54. The zero-order valence-corrected chi connectivity index (χ0v) is 15.8. The molecule has 152 valence electrons. The number of β-amino-alcohol motifs (C(OH)–C–C–N with tert-alkyl or cyclic N) is 1. The van der Waals surface area contributed by atoms with E-state index in [9.17, 15) is 19.1 Å². The maximum absolute atomic E-state index is 14.5. The molecule has 2 aliphatic heterocycles. The molecule has 0 radical (unpaired) electrons. The highest BCUT2D eigenvalue weighted by molar-refractivity contribution is 6.21. The Morgan fingerprint density at radius 2 is 1.72 bits per heavy atom. The van der Waals surface area contributed by atoms with Gasteiger partial charge in [-0.25, -0.2) is 4.39 Å². The van der Waals surface area contributed by atoms with Gasteiger partial charge in [0.2, 0.25) is 0 Å². The number of benzene rings is 2. The van der Waals surface area contributed by atoms with Crippen molar-refractivity contribution < 1.29 is 23.8 Å². The average molecular weight is 399 g/mol. The maximum Gasteiger partial charge on any atom is 0.261 e. The third kappa shape index (κ3) is 3.94. The van der Waals surface area contributed by atoms with Crippen LogP contribution in [0, 0.1) is 5.82 Å². The number of imide groups is 1. The van der Waals surface area contributed by atoms with E-state index in [2.05, 4.69) is 5.32 Å². The van der Waals surface area contributed by atoms with Crippen molar-refractivity contribution in [2.75, 3.05) is 49.6 Å². The van der Waals surface area contributed by atoms with Gasteiger partial charge in [-0.15, -0.1) is 0 Å². The Balaban J connectivity index is 1.34. The van der Waals surface area contributed by atoms with E-state index in [0.29, 0.717) is 48.8 Å². The van der Waals surface area contributed by atoms with E-state index in [0.717, 1.165) is 4.90 Å². The molecule has 0 spiro atoms. The van der Waals surface area contributed by atoms with Crippen molar-refractivity contribution in [3.63, 3.8) is 0 Å². The summed E-state index contributed by atoms with van der Waals surface area (Å²) in [4.78, 5) is 27.7. The predicted molar refractivity (Wildman–Crippen MR) is 106 cm³/mol. The lowest BCUT2D eigenvalue weighted by molar-refractivity contribution is 0.0558. The molecule has 0 unspecified atom stereocenters. The molecule has 2 N–H and O–H groups in total. The second kappa shape index (κ2) is 8.18. The van der Waals surface area contributed by atoms with Crippen molar-refractivity contribution in [1.82, 2.24) is 4.90 Å². The molecule has 2 aromatic rings. The van der Waals surface area contributed by atoms with Crippen molar-refractivity contribution in [2.24, 2.45) is 0 Å². The number of nitrogens with one attached hydrogen (secondary N) is 1. The molecule has 2 amide bonds. The highest BCUT2D eigenvalue weighted by atomic mass is 19.1. The zero-order chi connectivity index (χ0) is 20.4. The summed E-state index contributed by atoms with van der Waals surface area (Å²) in [5.74, 6) is -1.18. The fourth-order valence-corrected chi connectivity index (χ4v) is 3.59. The summed E-state index contributed by atoms with van der Waals surface area (Å²) in [6.07, 6.45) is -0.987. The number of hydrogen-bond acceptors (Lipinski definition) is 6. The number of anilines is 2. The van der Waals surface area contributed by atoms with Gasteiger partial charge in [-0.3, -0.25) is 14.5 Å². The summed E-state index contributed by atoms with van der Waals surface area (Å²) >= 11 is 0. The third-order valence-electron chi connectivity index (χ3n) is 5.11. The van der Waals surface area contributed by atoms with Crippen LogP contribution in [-0.2, 0) is 4.74 Å². The number of rotatable bonds is 6. The maximum atomic E-state index is 14.5. The molecule has 0 aliphatic carbocycles. The first-order valence-corrected chi connectivity index (χ1v) is 9.54. The number of morpholine rings is 1. The molecule has 2 aromatic carbocycles. The van der Waals surface area contributed by atoms with Crippen LogP contribution in [0.4, 0.5) is 15.8 Å². The van der Waals surface area contributed by atoms with E-state index >= 15 is 0 Å². The lowest BCUT2D eigenvalue weighted by Crippen LogP contribution is -2.39. The molecule has 4 rings (SSSR count). The first-order chi connectivity index (χ1) is 14.0. The summed E-state index contributed by atoms with van der Waals surface area (Å²) in [5.41, 5.74) is 1.73. The Bertz CT molecular complexity index is 895. The van der Waals surface area contributed by atoms with Crippen LogP contribution in [0.2, 0.25) is 0 Å². The summed E-state index contributed by atoms with van der Waals surface area (Å²) in [6.45, 7) is 2.37. The Kier molecular flexibility index (Phi) is 5.46. The second-order valence-electron chi connectivity index (χ2n) is 7.07. The van der Waals surface area contributed by atoms with Gasteiger partial charge in [0.1, 0.15) is 5.82 Å². The summed E-state index contributed by atoms with van der Waals surface area (Å²) in [6, 6.07) is 11.4. The molecular formula is C21H22FN3O4. The SMILES string of the molecule is O=C1c2ccccc2C(=O)N1C[C@H](O)CNc1ccc(N2CCOCC2)c(F)c1. The smallest absolute Gasteiger partial charge is 0.261 e. The van der Waals surface area contributed by atoms with Gasteiger partial charge in [0, 0.05) is 25.3 Å². The number of hydrogen-bond donors (Lipinski definition) is 2. The number of halogens is 1. The minimum Gasteiger partial charge on any atom is -0.389 e. The number of aliphatic hydroxyl groups is 1. The first kappa shape index (κ1) is 19.4. The summed E-state index contributed by atoms with van der Waals surface area (Å²) in [5, 5.41) is 13.2. The van der Waals surface area contributed by atoms with Crippen LogP contribution < -0.4 is 10.2 Å². The number of ether oxygens (including phenoxy) is 1. The Hall–Kier alpha value is -2.97. The van der Waals surface area contributed by atoms with Crippen LogP contribution in [0.25, 0.3) is 0 Å². The van der Waals surface area contributed by atoms with Gasteiger partial charge >= 0.3 is 0 Å². The van der Waals surface area contributed by atoms with Crippen LogP contribution >= 0.6 is 0 Å². The van der Waals surface area contributed by atoms with E-state index in [1.807, 2.05) is 4.90 Å². The lowest BCUT2D eigenvalue weighted by atomic mass is 10.1. The summed E-state index contributed by atoms with van der Waals surface area (Å²) < 4.78 is 19.7. The van der Waals surface area contributed by atoms with E-state index in [4.69, 9.17) is 4.74 Å². The van der Waals surface area contributed by atoms with Crippen molar-refractivity contribution >= 4 is 23.2 Å². The number of amides is 2. The number of fused-ring (bicyclic) bond motifs is 1. The number of aliphatic hydroxyl groups excluding tert-OH is 1. The van der Waals surface area contributed by atoms with Crippen LogP contribution in [0.1, 0.15) is 20.7 Å². The predicted octanol–water partition coefficient (Wildman–Crippen LogP) is 1.73. The Morgan fingerprint density at radius 1 is 1.07 bits per heavy atom. The number of carbonyl (C=O) groups excluding carboxylic acids is 2. The molecular weight excluding hydrogens is 377 g/mol. The largest absolute Gasteiger partial charge is 0.389 e. The molecule has 1 fully saturated rings. The van der Waals surface area contributed by atoms with Crippen molar-refractivity contribution in [2.45, 2.75) is 6.10 Å². The van der Waals surface area contributed by atoms with Crippen LogP contribution in [0.3, 0.4) is 0 Å². The van der Waals surface area contributed by atoms with Crippen LogP contribution in [0.5, 0.6) is 0 Å². The molecule has 7 nitrogen and oxygen atoms in total. The number of carbonyl (C=O) groups is 2. The van der Waals surface area contributed by atoms with E-state index in [-0.39, 0.29) is 18.9 Å². The Morgan fingerprint density at radius 3 is 2.34 bits per heavy atom. The van der Waals surface area contributed by atoms with Gasteiger partial charge in [0.25, 0.3) is 11.8 Å². The molecule has 8 heteroatoms. The zero-order valence-electron chi connectivity index (χ0n) is 15.8. The fraction of sp³-hybridized carbons (Fsp3) is 0.333. The minimum absolute atomic E-state index is 0.0732. The van der Waals surface area contributed by atoms with Crippen LogP contribution in [-0.4, -0.2) is 67.3 Å². The molecule has 1 atom stereocenters. The van der Waals surface area contributed by atoms with Crippen molar-refractivity contribution in [3.05, 3.63) is 59.4 Å². The lowest BCUT2D eigenvalue weighted by Gasteiger charge is -2.29. The van der Waals surface area contributed by atoms with Gasteiger partial charge < -0.3 is 20.1 Å². The molecule has 0 saturated carbocycles. The topological polar surface area (TPSA) is 82.1 Å². The Labute approximate surface area is 167 Å². The van der Waals surface area contributed by atoms with Gasteiger partial charge in [-0.1, -0.05) is 12.1 Å². The fourth-order valence-electron chi connectivity index (χ4n) is 3.59. The molecule has 2 heterocycles. The highest BCUT2D eigenvalue weighted by Crippen LogP contribution is 2.25. The normalized spacial score (nSPS) is 17.4. The quantitative estimate of drug-likeness (QED) is 0.720.